The molecule has 36 heavy (non-hydrogen) atoms. The minimum Gasteiger partial charge on any atom is -0.379 e. The Bertz CT molecular complexity index is 1220. The van der Waals surface area contributed by atoms with Gasteiger partial charge in [-0.1, -0.05) is 35.9 Å². The van der Waals surface area contributed by atoms with Gasteiger partial charge >= 0.3 is 0 Å². The van der Waals surface area contributed by atoms with Crippen molar-refractivity contribution in [3.8, 4) is 0 Å². The molecule has 1 saturated heterocycles. The maximum atomic E-state index is 12.8. The van der Waals surface area contributed by atoms with Crippen molar-refractivity contribution in [2.24, 2.45) is 0 Å². The summed E-state index contributed by atoms with van der Waals surface area (Å²) in [6.07, 6.45) is 1.50. The number of carbonyl (C=O) groups is 3. The number of carbonyl (C=O) groups excluding carboxylic acids is 3. The summed E-state index contributed by atoms with van der Waals surface area (Å²) in [6.45, 7) is 5.63. The van der Waals surface area contributed by atoms with Crippen molar-refractivity contribution < 1.29 is 19.1 Å². The zero-order valence-electron chi connectivity index (χ0n) is 19.9. The highest BCUT2D eigenvalue weighted by molar-refractivity contribution is 6.34. The number of Topliss-reactive ketones (excluding diaryl/α,β-unsaturated/α-hetero) is 1. The first-order chi connectivity index (χ1) is 17.4. The van der Waals surface area contributed by atoms with Crippen LogP contribution in [0.4, 0.5) is 5.69 Å². The topological polar surface area (TPSA) is 116 Å². The normalized spacial score (nSPS) is 14.7. The Morgan fingerprint density at radius 3 is 2.53 bits per heavy atom. The fourth-order valence-electron chi connectivity index (χ4n) is 4.02. The second-order valence-corrected chi connectivity index (χ2v) is 9.05. The standard InChI is InChI=1S/C26H28ClN5O4/c1-17(15-32-10-12-36-13-11-32)30-25(34)23-24(29-16-28-23)26(35)31-19-8-6-18(7-9-19)14-22(33)20-4-2-3-5-21(20)27/h2-9,16-17H,10-15H2,1H3,(H,28,29)(H,30,34)(H,31,35). The van der Waals surface area contributed by atoms with Crippen molar-refractivity contribution in [1.29, 1.82) is 0 Å². The Labute approximate surface area is 214 Å². The van der Waals surface area contributed by atoms with Crippen LogP contribution in [0.1, 0.15) is 43.8 Å². The number of H-pyrrole nitrogens is 1. The van der Waals surface area contributed by atoms with Crippen LogP contribution >= 0.6 is 11.6 Å². The molecule has 0 aliphatic carbocycles. The molecule has 1 unspecified atom stereocenters. The molecular weight excluding hydrogens is 482 g/mol. The third-order valence-corrected chi connectivity index (χ3v) is 6.18. The van der Waals surface area contributed by atoms with Crippen LogP contribution in [0.25, 0.3) is 0 Å². The number of benzene rings is 2. The first-order valence-corrected chi connectivity index (χ1v) is 12.1. The molecule has 0 bridgehead atoms. The molecule has 3 aromatic rings. The summed E-state index contributed by atoms with van der Waals surface area (Å²) >= 11 is 6.11. The highest BCUT2D eigenvalue weighted by atomic mass is 35.5. The van der Waals surface area contributed by atoms with Crippen LogP contribution in [0.15, 0.2) is 54.9 Å². The fraction of sp³-hybridized carbons (Fsp3) is 0.308. The second-order valence-electron chi connectivity index (χ2n) is 8.64. The van der Waals surface area contributed by atoms with E-state index in [1.807, 2.05) is 6.92 Å². The average Bonchev–Trinajstić information content (AvgIpc) is 3.36. The quantitative estimate of drug-likeness (QED) is 0.381. The van der Waals surface area contributed by atoms with Crippen LogP contribution in [-0.4, -0.2) is 71.4 Å². The molecule has 0 radical (unpaired) electrons. The van der Waals surface area contributed by atoms with E-state index in [2.05, 4.69) is 25.5 Å². The van der Waals surface area contributed by atoms with Gasteiger partial charge in [0.1, 0.15) is 5.69 Å². The van der Waals surface area contributed by atoms with E-state index in [0.717, 1.165) is 18.7 Å². The number of nitrogens with zero attached hydrogens (tertiary/aromatic N) is 2. The Kier molecular flexibility index (Phi) is 8.48. The molecule has 2 aromatic carbocycles. The van der Waals surface area contributed by atoms with Gasteiger partial charge in [-0.2, -0.15) is 0 Å². The van der Waals surface area contributed by atoms with Gasteiger partial charge in [0.25, 0.3) is 11.8 Å². The molecule has 0 saturated carbocycles. The maximum Gasteiger partial charge on any atom is 0.276 e. The van der Waals surface area contributed by atoms with E-state index in [-0.39, 0.29) is 29.6 Å². The highest BCUT2D eigenvalue weighted by Gasteiger charge is 2.23. The minimum atomic E-state index is -0.512. The van der Waals surface area contributed by atoms with E-state index in [0.29, 0.717) is 36.0 Å². The first-order valence-electron chi connectivity index (χ1n) is 11.7. The smallest absolute Gasteiger partial charge is 0.276 e. The lowest BCUT2D eigenvalue weighted by atomic mass is 10.0. The summed E-state index contributed by atoms with van der Waals surface area (Å²) in [5.41, 5.74) is 1.88. The summed E-state index contributed by atoms with van der Waals surface area (Å²) in [7, 11) is 0. The zero-order chi connectivity index (χ0) is 25.5. The number of amides is 2. The van der Waals surface area contributed by atoms with Crippen LogP contribution in [0.2, 0.25) is 5.02 Å². The lowest BCUT2D eigenvalue weighted by Crippen LogP contribution is -2.46. The summed E-state index contributed by atoms with van der Waals surface area (Å²) < 4.78 is 5.35. The number of hydrogen-bond acceptors (Lipinski definition) is 6. The number of halogens is 1. The second kappa shape index (κ2) is 11.9. The molecular formula is C26H28ClN5O4. The SMILES string of the molecule is CC(CN1CCOCC1)NC(=O)c1[nH]cnc1C(=O)Nc1ccc(CC(=O)c2ccccc2Cl)cc1. The van der Waals surface area contributed by atoms with E-state index < -0.39 is 11.8 Å². The van der Waals surface area contributed by atoms with Crippen LogP contribution in [0.3, 0.4) is 0 Å². The minimum absolute atomic E-state index is 0.00375. The average molecular weight is 510 g/mol. The van der Waals surface area contributed by atoms with Crippen molar-refractivity contribution in [3.63, 3.8) is 0 Å². The fourth-order valence-corrected chi connectivity index (χ4v) is 4.26. The van der Waals surface area contributed by atoms with Crippen molar-refractivity contribution in [2.45, 2.75) is 19.4 Å². The van der Waals surface area contributed by atoms with E-state index in [4.69, 9.17) is 16.3 Å². The third-order valence-electron chi connectivity index (χ3n) is 5.85. The van der Waals surface area contributed by atoms with Gasteiger partial charge in [-0.15, -0.1) is 0 Å². The van der Waals surface area contributed by atoms with Crippen LogP contribution in [-0.2, 0) is 11.2 Å². The van der Waals surface area contributed by atoms with Crippen molar-refractivity contribution in [3.05, 3.63) is 82.4 Å². The number of imidazole rings is 1. The summed E-state index contributed by atoms with van der Waals surface area (Å²) in [6, 6.07) is 13.7. The Balaban J connectivity index is 1.33. The predicted molar refractivity (Wildman–Crippen MR) is 137 cm³/mol. The number of ketones is 1. The van der Waals surface area contributed by atoms with Crippen molar-refractivity contribution >= 4 is 34.9 Å². The number of ether oxygens (including phenoxy) is 1. The van der Waals surface area contributed by atoms with Crippen LogP contribution in [0.5, 0.6) is 0 Å². The van der Waals surface area contributed by atoms with Gasteiger partial charge in [0, 0.05) is 43.3 Å². The number of morpholine rings is 1. The number of aromatic nitrogens is 2. The monoisotopic (exact) mass is 509 g/mol. The lowest BCUT2D eigenvalue weighted by molar-refractivity contribution is 0.0342. The molecule has 4 rings (SSSR count). The van der Waals surface area contributed by atoms with E-state index in [1.54, 1.807) is 48.5 Å². The molecule has 1 aromatic heterocycles. The Morgan fingerprint density at radius 2 is 1.81 bits per heavy atom. The van der Waals surface area contributed by atoms with Crippen LogP contribution in [0, 0.1) is 0 Å². The molecule has 2 amide bonds. The lowest BCUT2D eigenvalue weighted by Gasteiger charge is -2.29. The summed E-state index contributed by atoms with van der Waals surface area (Å²) in [5.74, 6) is -0.999. The Hall–Kier alpha value is -3.53. The van der Waals surface area contributed by atoms with E-state index in [1.165, 1.54) is 6.33 Å². The van der Waals surface area contributed by atoms with E-state index in [9.17, 15) is 14.4 Å². The number of anilines is 1. The molecule has 9 nitrogen and oxygen atoms in total. The molecule has 1 aliphatic heterocycles. The first kappa shape index (κ1) is 25.6. The molecule has 3 N–H and O–H groups in total. The van der Waals surface area contributed by atoms with Gasteiger partial charge in [0.2, 0.25) is 0 Å². The van der Waals surface area contributed by atoms with Gasteiger partial charge < -0.3 is 20.4 Å². The number of nitrogens with one attached hydrogen (secondary N) is 3. The molecule has 1 fully saturated rings. The van der Waals surface area contributed by atoms with Gasteiger partial charge in [-0.25, -0.2) is 4.98 Å². The predicted octanol–water partition coefficient (Wildman–Crippen LogP) is 3.19. The largest absolute Gasteiger partial charge is 0.379 e. The van der Waals surface area contributed by atoms with Crippen molar-refractivity contribution in [1.82, 2.24) is 20.2 Å². The highest BCUT2D eigenvalue weighted by Crippen LogP contribution is 2.19. The number of hydrogen-bond donors (Lipinski definition) is 3. The Morgan fingerprint density at radius 1 is 1.08 bits per heavy atom. The molecule has 188 valence electrons. The van der Waals surface area contributed by atoms with Crippen LogP contribution < -0.4 is 10.6 Å². The van der Waals surface area contributed by atoms with Gasteiger partial charge in [0.15, 0.2) is 11.5 Å². The molecule has 10 heteroatoms. The maximum absolute atomic E-state index is 12.8. The molecule has 1 aliphatic rings. The van der Waals surface area contributed by atoms with Gasteiger partial charge in [-0.3, -0.25) is 19.3 Å². The third kappa shape index (κ3) is 6.57. The molecule has 0 spiro atoms. The van der Waals surface area contributed by atoms with E-state index >= 15 is 0 Å². The summed E-state index contributed by atoms with van der Waals surface area (Å²) in [4.78, 5) is 47.2. The van der Waals surface area contributed by atoms with Gasteiger partial charge in [-0.05, 0) is 36.8 Å². The molecule has 1 atom stereocenters. The zero-order valence-corrected chi connectivity index (χ0v) is 20.7. The number of rotatable bonds is 9. The summed E-state index contributed by atoms with van der Waals surface area (Å²) in [5, 5.41) is 6.09. The van der Waals surface area contributed by atoms with Crippen molar-refractivity contribution in [2.75, 3.05) is 38.2 Å². The van der Waals surface area contributed by atoms with Gasteiger partial charge in [0.05, 0.1) is 24.6 Å². The number of aromatic amines is 1. The molecule has 2 heterocycles.